The lowest BCUT2D eigenvalue weighted by Gasteiger charge is -2.15. The molecular formula is C15H19N. The van der Waals surface area contributed by atoms with E-state index in [2.05, 4.69) is 39.8 Å². The lowest BCUT2D eigenvalue weighted by Crippen LogP contribution is -1.99. The van der Waals surface area contributed by atoms with Gasteiger partial charge in [0.15, 0.2) is 0 Å². The van der Waals surface area contributed by atoms with E-state index >= 15 is 0 Å². The summed E-state index contributed by atoms with van der Waals surface area (Å²) >= 11 is 0. The Balaban J connectivity index is 3.70. The second-order valence-corrected chi connectivity index (χ2v) is 4.62. The van der Waals surface area contributed by atoms with Gasteiger partial charge in [-0.2, -0.15) is 5.26 Å². The average Bonchev–Trinajstić information content (AvgIpc) is 2.21. The van der Waals surface area contributed by atoms with Crippen LogP contribution in [0.3, 0.4) is 0 Å². The van der Waals surface area contributed by atoms with E-state index in [1.165, 1.54) is 22.3 Å². The van der Waals surface area contributed by atoms with Crippen molar-refractivity contribution in [2.45, 2.75) is 41.5 Å². The van der Waals surface area contributed by atoms with Crippen LogP contribution in [0.5, 0.6) is 0 Å². The molecule has 0 saturated heterocycles. The van der Waals surface area contributed by atoms with E-state index in [0.717, 1.165) is 16.7 Å². The first-order valence-electron chi connectivity index (χ1n) is 5.55. The van der Waals surface area contributed by atoms with Crippen LogP contribution in [0.25, 0.3) is 5.57 Å². The summed E-state index contributed by atoms with van der Waals surface area (Å²) in [5.41, 5.74) is 7.99. The predicted molar refractivity (Wildman–Crippen MR) is 69.3 cm³/mol. The fourth-order valence-corrected chi connectivity index (χ4v) is 2.01. The van der Waals surface area contributed by atoms with E-state index in [0.29, 0.717) is 0 Å². The van der Waals surface area contributed by atoms with E-state index in [1.54, 1.807) is 0 Å². The van der Waals surface area contributed by atoms with Gasteiger partial charge in [0.25, 0.3) is 0 Å². The maximum absolute atomic E-state index is 9.27. The van der Waals surface area contributed by atoms with Crippen molar-refractivity contribution in [1.29, 1.82) is 5.26 Å². The first kappa shape index (κ1) is 12.5. The van der Waals surface area contributed by atoms with Gasteiger partial charge < -0.3 is 0 Å². The summed E-state index contributed by atoms with van der Waals surface area (Å²) in [5.74, 6) is 0. The number of hydrogen-bond donors (Lipinski definition) is 0. The van der Waals surface area contributed by atoms with Gasteiger partial charge in [0.1, 0.15) is 0 Å². The van der Waals surface area contributed by atoms with Crippen molar-refractivity contribution < 1.29 is 0 Å². The number of nitrogens with zero attached hydrogens (tertiary/aromatic N) is 1. The van der Waals surface area contributed by atoms with Crippen LogP contribution < -0.4 is 0 Å². The van der Waals surface area contributed by atoms with Crippen LogP contribution >= 0.6 is 0 Å². The van der Waals surface area contributed by atoms with E-state index in [-0.39, 0.29) is 0 Å². The summed E-state index contributed by atoms with van der Waals surface area (Å²) < 4.78 is 0. The Bertz CT molecular complexity index is 469. The van der Waals surface area contributed by atoms with E-state index in [1.807, 2.05) is 13.8 Å². The van der Waals surface area contributed by atoms with Crippen LogP contribution in [0.15, 0.2) is 11.6 Å². The zero-order valence-electron chi connectivity index (χ0n) is 11.0. The van der Waals surface area contributed by atoms with Gasteiger partial charge in [-0.25, -0.2) is 0 Å². The molecule has 1 heteroatoms. The molecule has 0 saturated carbocycles. The Labute approximate surface area is 98.4 Å². The minimum atomic E-state index is 0.821. The number of rotatable bonds is 1. The smallest absolute Gasteiger partial charge is 0.0997 e. The summed E-state index contributed by atoms with van der Waals surface area (Å²) in [6, 6.07) is 4.52. The molecule has 0 unspecified atom stereocenters. The third-order valence-electron chi connectivity index (χ3n) is 3.23. The van der Waals surface area contributed by atoms with Gasteiger partial charge in [-0.15, -0.1) is 0 Å². The molecule has 0 aliphatic heterocycles. The van der Waals surface area contributed by atoms with Gasteiger partial charge in [0.05, 0.1) is 11.6 Å². The Hall–Kier alpha value is -1.55. The van der Waals surface area contributed by atoms with Crippen molar-refractivity contribution in [1.82, 2.24) is 0 Å². The van der Waals surface area contributed by atoms with Gasteiger partial charge in [-0.3, -0.25) is 0 Å². The second-order valence-electron chi connectivity index (χ2n) is 4.62. The molecule has 1 rings (SSSR count). The Kier molecular flexibility index (Phi) is 3.55. The van der Waals surface area contributed by atoms with Crippen LogP contribution in [0.4, 0.5) is 0 Å². The predicted octanol–water partition coefficient (Wildman–Crippen LogP) is 4.24. The van der Waals surface area contributed by atoms with Gasteiger partial charge in [-0.05, 0) is 69.4 Å². The fraction of sp³-hybridized carbons (Fsp3) is 0.400. The first-order valence-corrected chi connectivity index (χ1v) is 5.55. The van der Waals surface area contributed by atoms with E-state index in [9.17, 15) is 5.26 Å². The topological polar surface area (TPSA) is 23.8 Å². The normalized spacial score (nSPS) is 9.81. The van der Waals surface area contributed by atoms with Crippen LogP contribution in [-0.2, 0) is 0 Å². The van der Waals surface area contributed by atoms with Crippen LogP contribution in [0.1, 0.15) is 41.7 Å². The molecule has 16 heavy (non-hydrogen) atoms. The monoisotopic (exact) mass is 213 g/mol. The maximum Gasteiger partial charge on any atom is 0.0997 e. The summed E-state index contributed by atoms with van der Waals surface area (Å²) in [6.45, 7) is 12.4. The molecule has 1 aromatic rings. The lowest BCUT2D eigenvalue weighted by atomic mass is 9.88. The highest BCUT2D eigenvalue weighted by Gasteiger charge is 2.13. The third-order valence-corrected chi connectivity index (χ3v) is 3.23. The molecule has 84 valence electrons. The minimum absolute atomic E-state index is 0.821. The molecule has 0 bridgehead atoms. The molecule has 0 N–H and O–H groups in total. The third kappa shape index (κ3) is 2.02. The number of nitriles is 1. The van der Waals surface area contributed by atoms with Crippen molar-refractivity contribution in [2.24, 2.45) is 0 Å². The number of aryl methyl sites for hydroxylation is 2. The molecule has 0 aliphatic rings. The molecule has 0 amide bonds. The summed E-state index contributed by atoms with van der Waals surface area (Å²) in [5, 5.41) is 9.27. The van der Waals surface area contributed by atoms with Crippen molar-refractivity contribution in [3.05, 3.63) is 39.5 Å². The van der Waals surface area contributed by atoms with Gasteiger partial charge in [0.2, 0.25) is 0 Å². The highest BCUT2D eigenvalue weighted by molar-refractivity contribution is 5.83. The van der Waals surface area contributed by atoms with Crippen molar-refractivity contribution in [2.75, 3.05) is 0 Å². The van der Waals surface area contributed by atoms with E-state index < -0.39 is 0 Å². The summed E-state index contributed by atoms with van der Waals surface area (Å²) in [7, 11) is 0. The molecule has 0 radical (unpaired) electrons. The largest absolute Gasteiger partial charge is 0.192 e. The minimum Gasteiger partial charge on any atom is -0.192 e. The molecular weight excluding hydrogens is 194 g/mol. The second kappa shape index (κ2) is 4.53. The standard InChI is InChI=1S/C15H19N/c1-9(2)14(8-16)15-12(5)10(3)7-11(4)13(15)6/h7H,1-6H3. The summed E-state index contributed by atoms with van der Waals surface area (Å²) in [6.07, 6.45) is 0. The van der Waals surface area contributed by atoms with Crippen molar-refractivity contribution >= 4 is 5.57 Å². The van der Waals surface area contributed by atoms with Crippen LogP contribution in [0, 0.1) is 39.0 Å². The molecule has 0 aliphatic carbocycles. The Morgan fingerprint density at radius 1 is 1.00 bits per heavy atom. The van der Waals surface area contributed by atoms with Gasteiger partial charge >= 0.3 is 0 Å². The molecule has 0 aromatic heterocycles. The Morgan fingerprint density at radius 3 is 1.75 bits per heavy atom. The fourth-order valence-electron chi connectivity index (χ4n) is 2.01. The number of benzene rings is 1. The Morgan fingerprint density at radius 2 is 1.44 bits per heavy atom. The maximum atomic E-state index is 9.27. The SMILES string of the molecule is CC(C)=C(C#N)c1c(C)c(C)cc(C)c1C. The van der Waals surface area contributed by atoms with E-state index in [4.69, 9.17) is 0 Å². The van der Waals surface area contributed by atoms with Crippen molar-refractivity contribution in [3.63, 3.8) is 0 Å². The highest BCUT2D eigenvalue weighted by atomic mass is 14.3. The highest BCUT2D eigenvalue weighted by Crippen LogP contribution is 2.29. The number of hydrogen-bond acceptors (Lipinski definition) is 1. The quantitative estimate of drug-likeness (QED) is 0.640. The van der Waals surface area contributed by atoms with Crippen molar-refractivity contribution in [3.8, 4) is 6.07 Å². The summed E-state index contributed by atoms with van der Waals surface area (Å²) in [4.78, 5) is 0. The molecule has 1 aromatic carbocycles. The molecule has 1 nitrogen and oxygen atoms in total. The van der Waals surface area contributed by atoms with Gasteiger partial charge in [0, 0.05) is 0 Å². The first-order chi connectivity index (χ1) is 7.40. The average molecular weight is 213 g/mol. The molecule has 0 heterocycles. The van der Waals surface area contributed by atoms with Gasteiger partial charge in [-0.1, -0.05) is 11.6 Å². The zero-order valence-corrected chi connectivity index (χ0v) is 11.0. The lowest BCUT2D eigenvalue weighted by molar-refractivity contribution is 1.21. The number of allylic oxidation sites excluding steroid dienone is 2. The zero-order chi connectivity index (χ0) is 12.5. The molecule has 0 spiro atoms. The molecule has 0 fully saturated rings. The van der Waals surface area contributed by atoms with Crippen LogP contribution in [-0.4, -0.2) is 0 Å². The molecule has 0 atom stereocenters. The van der Waals surface area contributed by atoms with Crippen LogP contribution in [0.2, 0.25) is 0 Å².